The average Bonchev–Trinajstić information content (AvgIpc) is 2.83. The Morgan fingerprint density at radius 2 is 1.92 bits per heavy atom. The smallest absolute Gasteiger partial charge is 0.330 e. The Morgan fingerprint density at radius 1 is 1.25 bits per heavy atom. The first-order valence-corrected chi connectivity index (χ1v) is 13.2. The fourth-order valence-electron chi connectivity index (χ4n) is 3.93. The van der Waals surface area contributed by atoms with E-state index in [9.17, 15) is 27.2 Å². The third kappa shape index (κ3) is 5.68. The lowest BCUT2D eigenvalue weighted by Crippen LogP contribution is -2.43. The predicted octanol–water partition coefficient (Wildman–Crippen LogP) is 1.38. The molecule has 36 heavy (non-hydrogen) atoms. The van der Waals surface area contributed by atoms with Crippen LogP contribution in [-0.2, 0) is 21.3 Å². The van der Waals surface area contributed by atoms with Crippen molar-refractivity contribution >= 4 is 27.4 Å². The van der Waals surface area contributed by atoms with Gasteiger partial charge in [0, 0.05) is 26.2 Å². The predicted molar refractivity (Wildman–Crippen MR) is 133 cm³/mol. The lowest BCUT2D eigenvalue weighted by Gasteiger charge is -2.27. The zero-order valence-corrected chi connectivity index (χ0v) is 21.4. The van der Waals surface area contributed by atoms with Gasteiger partial charge < -0.3 is 15.4 Å². The van der Waals surface area contributed by atoms with Crippen molar-refractivity contribution in [3.8, 4) is 0 Å². The molecule has 0 saturated carbocycles. The number of nitrogens with one attached hydrogen (secondary N) is 1. The van der Waals surface area contributed by atoms with Gasteiger partial charge in [0.25, 0.3) is 11.5 Å². The Morgan fingerprint density at radius 3 is 2.53 bits per heavy atom. The number of ether oxygens (including phenoxy) is 1. The number of carbonyl (C=O) groups is 1. The quantitative estimate of drug-likeness (QED) is 0.503. The van der Waals surface area contributed by atoms with Crippen LogP contribution in [0.4, 0.5) is 15.9 Å². The van der Waals surface area contributed by atoms with Crippen molar-refractivity contribution in [2.45, 2.75) is 45.1 Å². The maximum Gasteiger partial charge on any atom is 0.330 e. The van der Waals surface area contributed by atoms with E-state index in [0.717, 1.165) is 34.1 Å². The molecule has 13 heteroatoms. The highest BCUT2D eigenvalue weighted by molar-refractivity contribution is 7.89. The minimum Gasteiger partial charge on any atom is -0.383 e. The SMILES string of the molecule is CCCCn1c(N)c(N(CC(C)C)C(=O)c2cc(S(=O)(=O)N3CCOCC3)ccc2F)c(=O)[nH]c1=O. The normalized spacial score (nSPS) is 14.8. The Bertz CT molecular complexity index is 1330. The fraction of sp³-hybridized carbons (Fsp3) is 0.522. The summed E-state index contributed by atoms with van der Waals surface area (Å²) in [6, 6.07) is 2.97. The first-order chi connectivity index (χ1) is 17.0. The zero-order valence-electron chi connectivity index (χ0n) is 20.6. The van der Waals surface area contributed by atoms with Crippen LogP contribution in [0.2, 0.25) is 0 Å². The number of nitrogens with zero attached hydrogens (tertiary/aromatic N) is 3. The number of aromatic nitrogens is 2. The summed E-state index contributed by atoms with van der Waals surface area (Å²) in [5.74, 6) is -2.29. The van der Waals surface area contributed by atoms with Gasteiger partial charge in [0.15, 0.2) is 5.69 Å². The van der Waals surface area contributed by atoms with Gasteiger partial charge in [-0.05, 0) is 30.5 Å². The number of carbonyl (C=O) groups excluding carboxylic acids is 1. The van der Waals surface area contributed by atoms with Crippen LogP contribution in [0.1, 0.15) is 44.0 Å². The van der Waals surface area contributed by atoms with Crippen LogP contribution in [0.25, 0.3) is 0 Å². The maximum absolute atomic E-state index is 14.9. The number of amides is 1. The Hall–Kier alpha value is -3.03. The number of halogens is 1. The Kier molecular flexibility index (Phi) is 8.69. The monoisotopic (exact) mass is 525 g/mol. The molecule has 198 valence electrons. The van der Waals surface area contributed by atoms with E-state index in [4.69, 9.17) is 10.5 Å². The summed E-state index contributed by atoms with van der Waals surface area (Å²) >= 11 is 0. The van der Waals surface area contributed by atoms with Gasteiger partial charge in [-0.3, -0.25) is 19.1 Å². The number of anilines is 2. The molecule has 0 unspecified atom stereocenters. The van der Waals surface area contributed by atoms with E-state index in [1.54, 1.807) is 13.8 Å². The number of hydrogen-bond acceptors (Lipinski definition) is 7. The second-order valence-electron chi connectivity index (χ2n) is 8.97. The average molecular weight is 526 g/mol. The van der Waals surface area contributed by atoms with Gasteiger partial charge in [-0.15, -0.1) is 0 Å². The first-order valence-electron chi connectivity index (χ1n) is 11.8. The zero-order chi connectivity index (χ0) is 26.6. The molecule has 3 N–H and O–H groups in total. The summed E-state index contributed by atoms with van der Waals surface area (Å²) in [4.78, 5) is 41.7. The van der Waals surface area contributed by atoms with Crippen LogP contribution in [0, 0.1) is 11.7 Å². The number of nitrogens with two attached hydrogens (primary N) is 1. The molecule has 1 aromatic carbocycles. The molecule has 1 fully saturated rings. The van der Waals surface area contributed by atoms with Crippen LogP contribution in [0.5, 0.6) is 0 Å². The molecule has 0 bridgehead atoms. The molecular formula is C23H32FN5O6S. The third-order valence-corrected chi connectivity index (χ3v) is 7.68. The molecule has 2 aromatic rings. The largest absolute Gasteiger partial charge is 0.383 e. The third-order valence-electron chi connectivity index (χ3n) is 5.79. The van der Waals surface area contributed by atoms with Crippen molar-refractivity contribution in [2.24, 2.45) is 5.92 Å². The van der Waals surface area contributed by atoms with Crippen LogP contribution < -0.4 is 21.9 Å². The highest BCUT2D eigenvalue weighted by atomic mass is 32.2. The van der Waals surface area contributed by atoms with Crippen LogP contribution >= 0.6 is 0 Å². The number of aromatic amines is 1. The van der Waals surface area contributed by atoms with E-state index < -0.39 is 38.6 Å². The number of unbranched alkanes of at least 4 members (excludes halogenated alkanes) is 1. The van der Waals surface area contributed by atoms with Crippen molar-refractivity contribution in [1.29, 1.82) is 0 Å². The second kappa shape index (κ2) is 11.4. The highest BCUT2D eigenvalue weighted by Gasteiger charge is 2.31. The number of hydrogen-bond donors (Lipinski definition) is 2. The Labute approximate surface area is 208 Å². The molecule has 1 aromatic heterocycles. The van der Waals surface area contributed by atoms with E-state index in [-0.39, 0.29) is 61.7 Å². The van der Waals surface area contributed by atoms with Crippen LogP contribution in [0.3, 0.4) is 0 Å². The molecule has 0 spiro atoms. The van der Waals surface area contributed by atoms with Gasteiger partial charge in [-0.25, -0.2) is 17.6 Å². The summed E-state index contributed by atoms with van der Waals surface area (Å²) in [5, 5.41) is 0. The summed E-state index contributed by atoms with van der Waals surface area (Å²) < 4.78 is 48.7. The minimum atomic E-state index is -4.01. The summed E-state index contributed by atoms with van der Waals surface area (Å²) in [7, 11) is -4.01. The van der Waals surface area contributed by atoms with Crippen LogP contribution in [0.15, 0.2) is 32.7 Å². The van der Waals surface area contributed by atoms with E-state index >= 15 is 0 Å². The van der Waals surface area contributed by atoms with Gasteiger partial charge in [0.2, 0.25) is 10.0 Å². The molecule has 1 aliphatic rings. The van der Waals surface area contributed by atoms with Crippen molar-refractivity contribution in [1.82, 2.24) is 13.9 Å². The van der Waals surface area contributed by atoms with Gasteiger partial charge in [0.1, 0.15) is 11.6 Å². The van der Waals surface area contributed by atoms with Gasteiger partial charge >= 0.3 is 5.69 Å². The molecule has 1 aliphatic heterocycles. The van der Waals surface area contributed by atoms with Gasteiger partial charge in [-0.2, -0.15) is 4.31 Å². The molecule has 2 heterocycles. The van der Waals surface area contributed by atoms with Gasteiger partial charge in [-0.1, -0.05) is 27.2 Å². The lowest BCUT2D eigenvalue weighted by molar-refractivity contribution is 0.0730. The highest BCUT2D eigenvalue weighted by Crippen LogP contribution is 2.25. The molecular weight excluding hydrogens is 493 g/mol. The molecule has 3 rings (SSSR count). The van der Waals surface area contributed by atoms with Crippen molar-refractivity contribution in [3.05, 3.63) is 50.4 Å². The van der Waals surface area contributed by atoms with E-state index in [2.05, 4.69) is 4.98 Å². The van der Waals surface area contributed by atoms with Gasteiger partial charge in [0.05, 0.1) is 23.7 Å². The number of rotatable bonds is 9. The van der Waals surface area contributed by atoms with Crippen molar-refractivity contribution < 1.29 is 22.3 Å². The molecule has 1 amide bonds. The first kappa shape index (κ1) is 27.6. The molecule has 0 atom stereocenters. The van der Waals surface area contributed by atoms with Crippen LogP contribution in [-0.4, -0.2) is 61.0 Å². The van der Waals surface area contributed by atoms with E-state index in [1.165, 1.54) is 4.31 Å². The standard InChI is InChI=1S/C23H32FN5O6S/c1-4-5-8-28-20(25)19(21(30)26-23(28)32)29(14-15(2)3)22(31)17-13-16(6-7-18(17)24)36(33,34)27-9-11-35-12-10-27/h6-7,13,15H,4-5,8-12,14,25H2,1-3H3,(H,26,30,32). The number of H-pyrrole nitrogens is 1. The van der Waals surface area contributed by atoms with E-state index in [0.29, 0.717) is 6.42 Å². The number of sulfonamides is 1. The Balaban J connectivity index is 2.12. The number of nitrogen functional groups attached to an aromatic ring is 1. The van der Waals surface area contributed by atoms with Crippen molar-refractivity contribution in [2.75, 3.05) is 43.5 Å². The molecule has 0 radical (unpaired) electrons. The molecule has 0 aliphatic carbocycles. The van der Waals surface area contributed by atoms with E-state index in [1.807, 2.05) is 6.92 Å². The topological polar surface area (TPSA) is 148 Å². The fourth-order valence-corrected chi connectivity index (χ4v) is 5.36. The second-order valence-corrected chi connectivity index (χ2v) is 10.9. The maximum atomic E-state index is 14.9. The summed E-state index contributed by atoms with van der Waals surface area (Å²) in [6.07, 6.45) is 1.36. The lowest BCUT2D eigenvalue weighted by atomic mass is 10.1. The summed E-state index contributed by atoms with van der Waals surface area (Å²) in [5.41, 5.74) is 3.77. The number of benzene rings is 1. The summed E-state index contributed by atoms with van der Waals surface area (Å²) in [6.45, 7) is 6.40. The minimum absolute atomic E-state index is 0.0298. The van der Waals surface area contributed by atoms with Crippen molar-refractivity contribution in [3.63, 3.8) is 0 Å². The number of morpholine rings is 1. The molecule has 1 saturated heterocycles. The molecule has 11 nitrogen and oxygen atoms in total.